The number of hydrogen-bond donors (Lipinski definition) is 1. The molecule has 0 radical (unpaired) electrons. The van der Waals surface area contributed by atoms with Gasteiger partial charge in [0.15, 0.2) is 0 Å². The molecule has 0 aliphatic rings. The van der Waals surface area contributed by atoms with Crippen molar-refractivity contribution < 1.29 is 0 Å². The Bertz CT molecular complexity index is 457. The van der Waals surface area contributed by atoms with Crippen LogP contribution in [0.25, 0.3) is 0 Å². The average molecular weight is 247 g/mol. The molecule has 0 unspecified atom stereocenters. The van der Waals surface area contributed by atoms with Gasteiger partial charge in [0.25, 0.3) is 0 Å². The van der Waals surface area contributed by atoms with Gasteiger partial charge in [0.05, 0.1) is 16.9 Å². The second kappa shape index (κ2) is 6.26. The molecule has 1 aromatic heterocycles. The highest BCUT2D eigenvalue weighted by molar-refractivity contribution is 6.33. The van der Waals surface area contributed by atoms with E-state index in [1.807, 2.05) is 6.07 Å². The van der Waals surface area contributed by atoms with Crippen LogP contribution >= 0.6 is 11.6 Å². The van der Waals surface area contributed by atoms with Crippen molar-refractivity contribution >= 4 is 17.3 Å². The highest BCUT2D eigenvalue weighted by Crippen LogP contribution is 2.18. The first-order valence-corrected chi connectivity index (χ1v) is 6.11. The van der Waals surface area contributed by atoms with Crippen LogP contribution in [-0.2, 0) is 6.42 Å². The Morgan fingerprint density at radius 2 is 1.94 bits per heavy atom. The highest BCUT2D eigenvalue weighted by Gasteiger charge is 1.98. The van der Waals surface area contributed by atoms with Gasteiger partial charge in [-0.25, -0.2) is 0 Å². The predicted molar refractivity (Wildman–Crippen MR) is 72.5 cm³/mol. The van der Waals surface area contributed by atoms with E-state index in [1.54, 1.807) is 18.5 Å². The Morgan fingerprint density at radius 3 is 2.71 bits per heavy atom. The minimum atomic E-state index is 0.722. The van der Waals surface area contributed by atoms with E-state index in [0.29, 0.717) is 0 Å². The lowest BCUT2D eigenvalue weighted by Crippen LogP contribution is -2.03. The molecule has 0 spiro atoms. The molecular formula is C14H15ClN2. The number of hydrogen-bond acceptors (Lipinski definition) is 2. The SMILES string of the molecule is Clc1ccncc1NCCCc1ccccc1. The number of halogens is 1. The van der Waals surface area contributed by atoms with E-state index in [-0.39, 0.29) is 0 Å². The molecule has 0 saturated carbocycles. The molecular weight excluding hydrogens is 232 g/mol. The van der Waals surface area contributed by atoms with E-state index < -0.39 is 0 Å². The molecule has 3 heteroatoms. The fraction of sp³-hybridized carbons (Fsp3) is 0.214. The summed E-state index contributed by atoms with van der Waals surface area (Å²) in [6.45, 7) is 0.903. The van der Waals surface area contributed by atoms with Gasteiger partial charge < -0.3 is 5.32 Å². The fourth-order valence-corrected chi connectivity index (χ4v) is 1.84. The van der Waals surface area contributed by atoms with Crippen molar-refractivity contribution in [3.05, 3.63) is 59.4 Å². The number of aryl methyl sites for hydroxylation is 1. The summed E-state index contributed by atoms with van der Waals surface area (Å²) < 4.78 is 0. The van der Waals surface area contributed by atoms with E-state index >= 15 is 0 Å². The topological polar surface area (TPSA) is 24.9 Å². The van der Waals surface area contributed by atoms with Crippen LogP contribution in [-0.4, -0.2) is 11.5 Å². The highest BCUT2D eigenvalue weighted by atomic mass is 35.5. The van der Waals surface area contributed by atoms with Gasteiger partial charge in [0, 0.05) is 12.7 Å². The van der Waals surface area contributed by atoms with Crippen molar-refractivity contribution in [2.75, 3.05) is 11.9 Å². The van der Waals surface area contributed by atoms with Crippen molar-refractivity contribution in [2.24, 2.45) is 0 Å². The smallest absolute Gasteiger partial charge is 0.0716 e. The number of anilines is 1. The molecule has 1 aromatic carbocycles. The Kier molecular flexibility index (Phi) is 4.39. The van der Waals surface area contributed by atoms with Crippen molar-refractivity contribution in [1.82, 2.24) is 4.98 Å². The summed E-state index contributed by atoms with van der Waals surface area (Å²) in [5.74, 6) is 0. The van der Waals surface area contributed by atoms with Crippen molar-refractivity contribution in [2.45, 2.75) is 12.8 Å². The minimum Gasteiger partial charge on any atom is -0.383 e. The number of rotatable bonds is 5. The number of nitrogens with one attached hydrogen (secondary N) is 1. The van der Waals surface area contributed by atoms with Crippen LogP contribution in [0.2, 0.25) is 5.02 Å². The molecule has 0 aliphatic carbocycles. The fourth-order valence-electron chi connectivity index (χ4n) is 1.67. The van der Waals surface area contributed by atoms with Crippen LogP contribution in [0, 0.1) is 0 Å². The van der Waals surface area contributed by atoms with Crippen molar-refractivity contribution in [3.63, 3.8) is 0 Å². The Balaban J connectivity index is 1.76. The van der Waals surface area contributed by atoms with Crippen LogP contribution < -0.4 is 5.32 Å². The number of nitrogens with zero attached hydrogens (tertiary/aromatic N) is 1. The van der Waals surface area contributed by atoms with Crippen LogP contribution in [0.1, 0.15) is 12.0 Å². The lowest BCUT2D eigenvalue weighted by Gasteiger charge is -2.07. The quantitative estimate of drug-likeness (QED) is 0.813. The minimum absolute atomic E-state index is 0.722. The standard InChI is InChI=1S/C14H15ClN2/c15-13-8-10-16-11-14(13)17-9-4-7-12-5-2-1-3-6-12/h1-3,5-6,8,10-11,17H,4,7,9H2. The van der Waals surface area contributed by atoms with Gasteiger partial charge in [-0.1, -0.05) is 41.9 Å². The van der Waals surface area contributed by atoms with E-state index in [0.717, 1.165) is 30.1 Å². The van der Waals surface area contributed by atoms with Gasteiger partial charge in [-0.2, -0.15) is 0 Å². The van der Waals surface area contributed by atoms with Gasteiger partial charge in [0.2, 0.25) is 0 Å². The maximum absolute atomic E-state index is 6.02. The van der Waals surface area contributed by atoms with Crippen LogP contribution in [0.15, 0.2) is 48.8 Å². The lowest BCUT2D eigenvalue weighted by molar-refractivity contribution is 0.862. The number of benzene rings is 1. The second-order valence-electron chi connectivity index (χ2n) is 3.87. The monoisotopic (exact) mass is 246 g/mol. The molecule has 1 N–H and O–H groups in total. The van der Waals surface area contributed by atoms with Gasteiger partial charge in [-0.05, 0) is 24.5 Å². The molecule has 0 amide bonds. The predicted octanol–water partition coefficient (Wildman–Crippen LogP) is 3.78. The largest absolute Gasteiger partial charge is 0.383 e. The second-order valence-corrected chi connectivity index (χ2v) is 4.28. The molecule has 0 atom stereocenters. The molecule has 2 rings (SSSR count). The zero-order valence-corrected chi connectivity index (χ0v) is 10.3. The van der Waals surface area contributed by atoms with Crippen molar-refractivity contribution in [1.29, 1.82) is 0 Å². The summed E-state index contributed by atoms with van der Waals surface area (Å²) in [4.78, 5) is 4.04. The first-order valence-electron chi connectivity index (χ1n) is 5.73. The zero-order chi connectivity index (χ0) is 11.9. The Morgan fingerprint density at radius 1 is 1.12 bits per heavy atom. The molecule has 1 heterocycles. The molecule has 0 saturated heterocycles. The lowest BCUT2D eigenvalue weighted by atomic mass is 10.1. The van der Waals surface area contributed by atoms with Crippen molar-refractivity contribution in [3.8, 4) is 0 Å². The third-order valence-electron chi connectivity index (χ3n) is 2.57. The van der Waals surface area contributed by atoms with Crippen LogP contribution in [0.3, 0.4) is 0 Å². The Hall–Kier alpha value is -1.54. The number of aromatic nitrogens is 1. The Labute approximate surface area is 107 Å². The zero-order valence-electron chi connectivity index (χ0n) is 9.57. The third kappa shape index (κ3) is 3.75. The van der Waals surface area contributed by atoms with Gasteiger partial charge in [-0.3, -0.25) is 4.98 Å². The maximum Gasteiger partial charge on any atom is 0.0716 e. The van der Waals surface area contributed by atoms with E-state index in [2.05, 4.69) is 34.6 Å². The number of pyridine rings is 1. The van der Waals surface area contributed by atoms with E-state index in [9.17, 15) is 0 Å². The van der Waals surface area contributed by atoms with E-state index in [1.165, 1.54) is 5.56 Å². The van der Waals surface area contributed by atoms with Crippen LogP contribution in [0.4, 0.5) is 5.69 Å². The van der Waals surface area contributed by atoms with Gasteiger partial charge >= 0.3 is 0 Å². The first-order chi connectivity index (χ1) is 8.36. The summed E-state index contributed by atoms with van der Waals surface area (Å²) in [6.07, 6.45) is 5.60. The summed E-state index contributed by atoms with van der Waals surface area (Å²) in [7, 11) is 0. The molecule has 2 aromatic rings. The van der Waals surface area contributed by atoms with Gasteiger partial charge in [0.1, 0.15) is 0 Å². The molecule has 2 nitrogen and oxygen atoms in total. The maximum atomic E-state index is 6.02. The molecule has 0 fully saturated rings. The normalized spacial score (nSPS) is 10.2. The average Bonchev–Trinajstić information content (AvgIpc) is 2.38. The van der Waals surface area contributed by atoms with Crippen LogP contribution in [0.5, 0.6) is 0 Å². The summed E-state index contributed by atoms with van der Waals surface area (Å²) in [5.41, 5.74) is 2.27. The first kappa shape index (κ1) is 11.9. The summed E-state index contributed by atoms with van der Waals surface area (Å²) >= 11 is 6.02. The summed E-state index contributed by atoms with van der Waals surface area (Å²) in [5, 5.41) is 4.01. The molecule has 0 bridgehead atoms. The third-order valence-corrected chi connectivity index (χ3v) is 2.90. The van der Waals surface area contributed by atoms with Gasteiger partial charge in [-0.15, -0.1) is 0 Å². The molecule has 0 aliphatic heterocycles. The molecule has 17 heavy (non-hydrogen) atoms. The molecule has 88 valence electrons. The summed E-state index contributed by atoms with van der Waals surface area (Å²) in [6, 6.07) is 12.3. The van der Waals surface area contributed by atoms with E-state index in [4.69, 9.17) is 11.6 Å².